The first kappa shape index (κ1) is 21.4. The Bertz CT molecular complexity index is 552. The van der Waals surface area contributed by atoms with Crippen LogP contribution in [0.4, 0.5) is 11.9 Å². The van der Waals surface area contributed by atoms with Gasteiger partial charge in [-0.25, -0.2) is 9.59 Å². The first-order valence-corrected chi connectivity index (χ1v) is 8.69. The Labute approximate surface area is 152 Å². The van der Waals surface area contributed by atoms with Crippen LogP contribution >= 0.6 is 0 Å². The zero-order valence-electron chi connectivity index (χ0n) is 15.4. The van der Waals surface area contributed by atoms with Gasteiger partial charge in [-0.2, -0.15) is 15.0 Å². The van der Waals surface area contributed by atoms with Crippen LogP contribution in [0.25, 0.3) is 0 Å². The number of hydrogen-bond donors (Lipinski definition) is 4. The molecule has 0 bridgehead atoms. The van der Waals surface area contributed by atoms with Crippen molar-refractivity contribution in [1.82, 2.24) is 15.0 Å². The van der Waals surface area contributed by atoms with Gasteiger partial charge >= 0.3 is 17.9 Å². The summed E-state index contributed by atoms with van der Waals surface area (Å²) in [7, 11) is 1.36. The molecule has 10 nitrogen and oxygen atoms in total. The lowest BCUT2D eigenvalue weighted by Crippen LogP contribution is -2.32. The molecule has 10 heteroatoms. The molecular formula is C16H27N5O5. The number of hydrogen-bond acceptors (Lipinski definition) is 8. The second-order valence-electron chi connectivity index (χ2n) is 5.82. The van der Waals surface area contributed by atoms with E-state index in [1.165, 1.54) is 7.11 Å². The minimum absolute atomic E-state index is 0.0162. The van der Waals surface area contributed by atoms with Crippen LogP contribution in [0.3, 0.4) is 0 Å². The van der Waals surface area contributed by atoms with Gasteiger partial charge in [0.05, 0.1) is 7.11 Å². The van der Waals surface area contributed by atoms with Gasteiger partial charge in [0.15, 0.2) is 0 Å². The van der Waals surface area contributed by atoms with E-state index in [9.17, 15) is 19.8 Å². The Morgan fingerprint density at radius 3 is 1.65 bits per heavy atom. The normalized spacial score (nSPS) is 12.9. The number of nitrogens with zero attached hydrogens (tertiary/aromatic N) is 3. The van der Waals surface area contributed by atoms with Crippen LogP contribution in [0, 0.1) is 0 Å². The molecule has 2 unspecified atom stereocenters. The van der Waals surface area contributed by atoms with E-state index in [4.69, 9.17) is 4.74 Å². The standard InChI is InChI=1S/C16H27N5O5/c1-4-6-8-10(12(22)23)17-14-19-15(21-16(20-14)26-3)18-11(13(24)25)9-7-5-2/h10-11H,4-9H2,1-3H3,(H,22,23)(H,24,25)(H2,17,18,19,20,21). The highest BCUT2D eigenvalue weighted by Gasteiger charge is 2.21. The summed E-state index contributed by atoms with van der Waals surface area (Å²) in [5, 5.41) is 24.1. The quantitative estimate of drug-likeness (QED) is 0.407. The lowest BCUT2D eigenvalue weighted by Gasteiger charge is -2.17. The van der Waals surface area contributed by atoms with Gasteiger partial charge in [0.2, 0.25) is 11.9 Å². The molecule has 146 valence electrons. The summed E-state index contributed by atoms with van der Waals surface area (Å²) >= 11 is 0. The minimum Gasteiger partial charge on any atom is -0.480 e. The Balaban J connectivity index is 2.98. The summed E-state index contributed by atoms with van der Waals surface area (Å²) < 4.78 is 5.00. The fourth-order valence-corrected chi connectivity index (χ4v) is 2.22. The van der Waals surface area contributed by atoms with Gasteiger partial charge < -0.3 is 25.6 Å². The number of rotatable bonds is 13. The number of unbranched alkanes of at least 4 members (excludes halogenated alkanes) is 2. The molecule has 0 spiro atoms. The summed E-state index contributed by atoms with van der Waals surface area (Å²) in [5.74, 6) is -2.00. The van der Waals surface area contributed by atoms with Gasteiger partial charge in [0.25, 0.3) is 0 Å². The summed E-state index contributed by atoms with van der Waals surface area (Å²) in [4.78, 5) is 34.8. The monoisotopic (exact) mass is 369 g/mol. The van der Waals surface area contributed by atoms with Crippen molar-refractivity contribution in [2.45, 2.75) is 64.5 Å². The largest absolute Gasteiger partial charge is 0.480 e. The van der Waals surface area contributed by atoms with Crippen molar-refractivity contribution in [3.8, 4) is 6.01 Å². The highest BCUT2D eigenvalue weighted by molar-refractivity contribution is 5.77. The number of anilines is 2. The van der Waals surface area contributed by atoms with E-state index in [-0.39, 0.29) is 17.9 Å². The first-order valence-electron chi connectivity index (χ1n) is 8.69. The topological polar surface area (TPSA) is 147 Å². The molecule has 0 aliphatic rings. The fraction of sp³-hybridized carbons (Fsp3) is 0.688. The van der Waals surface area contributed by atoms with Crippen LogP contribution in [-0.2, 0) is 9.59 Å². The number of carbonyl (C=O) groups is 2. The van der Waals surface area contributed by atoms with Crippen LogP contribution in [-0.4, -0.2) is 56.3 Å². The Kier molecular flexibility index (Phi) is 9.10. The summed E-state index contributed by atoms with van der Waals surface area (Å²) in [6, 6.07) is -1.75. The third-order valence-electron chi connectivity index (χ3n) is 3.69. The molecule has 0 aliphatic heterocycles. The van der Waals surface area contributed by atoms with Crippen LogP contribution in [0.2, 0.25) is 0 Å². The van der Waals surface area contributed by atoms with Gasteiger partial charge in [0.1, 0.15) is 12.1 Å². The number of carboxylic acids is 2. The van der Waals surface area contributed by atoms with Crippen molar-refractivity contribution in [3.63, 3.8) is 0 Å². The smallest absolute Gasteiger partial charge is 0.326 e. The van der Waals surface area contributed by atoms with Gasteiger partial charge in [-0.05, 0) is 12.8 Å². The van der Waals surface area contributed by atoms with E-state index in [2.05, 4.69) is 25.6 Å². The Morgan fingerprint density at radius 2 is 1.35 bits per heavy atom. The molecule has 1 heterocycles. The van der Waals surface area contributed by atoms with Gasteiger partial charge in [0, 0.05) is 0 Å². The molecule has 26 heavy (non-hydrogen) atoms. The molecule has 0 radical (unpaired) electrons. The van der Waals surface area contributed by atoms with E-state index >= 15 is 0 Å². The number of aromatic nitrogens is 3. The van der Waals surface area contributed by atoms with Crippen molar-refractivity contribution in [1.29, 1.82) is 0 Å². The zero-order valence-corrected chi connectivity index (χ0v) is 15.4. The maximum Gasteiger partial charge on any atom is 0.326 e. The molecule has 1 aromatic rings. The lowest BCUT2D eigenvalue weighted by molar-refractivity contribution is -0.139. The van der Waals surface area contributed by atoms with E-state index in [0.29, 0.717) is 12.8 Å². The van der Waals surface area contributed by atoms with E-state index in [1.807, 2.05) is 13.8 Å². The molecule has 1 rings (SSSR count). The molecule has 0 aliphatic carbocycles. The molecule has 2 atom stereocenters. The predicted molar refractivity (Wildman–Crippen MR) is 95.5 cm³/mol. The second kappa shape index (κ2) is 11.1. The summed E-state index contributed by atoms with van der Waals surface area (Å²) in [6.45, 7) is 3.94. The first-order chi connectivity index (χ1) is 12.4. The third-order valence-corrected chi connectivity index (χ3v) is 3.69. The predicted octanol–water partition coefficient (Wildman–Crippen LogP) is 1.99. The maximum absolute atomic E-state index is 11.4. The minimum atomic E-state index is -1.02. The number of methoxy groups -OCH3 is 1. The third kappa shape index (κ3) is 7.08. The van der Waals surface area contributed by atoms with Crippen LogP contribution in [0.15, 0.2) is 0 Å². The molecular weight excluding hydrogens is 342 g/mol. The van der Waals surface area contributed by atoms with Crippen LogP contribution in [0.5, 0.6) is 6.01 Å². The molecule has 0 amide bonds. The molecule has 0 aromatic carbocycles. The van der Waals surface area contributed by atoms with Crippen molar-refractivity contribution >= 4 is 23.8 Å². The maximum atomic E-state index is 11.4. The summed E-state index contributed by atoms with van der Waals surface area (Å²) in [5.41, 5.74) is 0. The van der Waals surface area contributed by atoms with E-state index in [1.54, 1.807) is 0 Å². The number of carboxylic acid groups (broad SMARTS) is 2. The van der Waals surface area contributed by atoms with Gasteiger partial charge in [-0.1, -0.05) is 39.5 Å². The molecule has 0 saturated heterocycles. The number of nitrogens with one attached hydrogen (secondary N) is 2. The molecule has 1 aromatic heterocycles. The van der Waals surface area contributed by atoms with Crippen molar-refractivity contribution < 1.29 is 24.5 Å². The highest BCUT2D eigenvalue weighted by Crippen LogP contribution is 2.15. The van der Waals surface area contributed by atoms with E-state index in [0.717, 1.165) is 25.7 Å². The van der Waals surface area contributed by atoms with Gasteiger partial charge in [-0.3, -0.25) is 0 Å². The Hall–Kier alpha value is -2.65. The average molecular weight is 369 g/mol. The number of aliphatic carboxylic acids is 2. The molecule has 4 N–H and O–H groups in total. The van der Waals surface area contributed by atoms with Crippen molar-refractivity contribution in [2.24, 2.45) is 0 Å². The van der Waals surface area contributed by atoms with E-state index < -0.39 is 24.0 Å². The summed E-state index contributed by atoms with van der Waals surface area (Å²) in [6.07, 6.45) is 4.01. The fourth-order valence-electron chi connectivity index (χ4n) is 2.22. The average Bonchev–Trinajstić information content (AvgIpc) is 2.61. The Morgan fingerprint density at radius 1 is 0.923 bits per heavy atom. The lowest BCUT2D eigenvalue weighted by atomic mass is 10.1. The van der Waals surface area contributed by atoms with Gasteiger partial charge in [-0.15, -0.1) is 0 Å². The highest BCUT2D eigenvalue weighted by atomic mass is 16.5. The SMILES string of the molecule is CCCCC(Nc1nc(NC(CCCC)C(=O)O)nc(OC)n1)C(=O)O. The van der Waals surface area contributed by atoms with Crippen molar-refractivity contribution in [2.75, 3.05) is 17.7 Å². The number of ether oxygens (including phenoxy) is 1. The molecule has 0 fully saturated rings. The second-order valence-corrected chi connectivity index (χ2v) is 5.82. The van der Waals surface area contributed by atoms with Crippen LogP contribution < -0.4 is 15.4 Å². The zero-order chi connectivity index (χ0) is 19.5. The van der Waals surface area contributed by atoms with Crippen LogP contribution in [0.1, 0.15) is 52.4 Å². The molecule has 0 saturated carbocycles. The van der Waals surface area contributed by atoms with Crippen molar-refractivity contribution in [3.05, 3.63) is 0 Å².